The Morgan fingerprint density at radius 2 is 0.540 bits per heavy atom. The average Bonchev–Trinajstić information content (AvgIpc) is 0.948. The molecule has 3 N–H and O–H groups in total. The molecule has 0 fully saturated rings. The Balaban J connectivity index is 5.23. The van der Waals surface area contributed by atoms with Crippen LogP contribution in [0.15, 0.2) is 24.3 Å². The molecular weight excluding hydrogens is 1310 g/mol. The number of phosphoric ester groups is 2. The van der Waals surface area contributed by atoms with Gasteiger partial charge in [0, 0.05) is 25.7 Å². The van der Waals surface area contributed by atoms with E-state index in [-0.39, 0.29) is 25.7 Å². The second-order valence-electron chi connectivity index (χ2n) is 29.0. The highest BCUT2D eigenvalue weighted by atomic mass is 31.2. The molecule has 0 aromatic rings. The molecule has 5 atom stereocenters. The lowest BCUT2D eigenvalue weighted by Crippen LogP contribution is -2.30. The van der Waals surface area contributed by atoms with Gasteiger partial charge >= 0.3 is 39.5 Å². The molecule has 590 valence electrons. The molecule has 0 radical (unpaired) electrons. The van der Waals surface area contributed by atoms with Crippen LogP contribution in [0, 0.1) is 5.92 Å². The van der Waals surface area contributed by atoms with Crippen LogP contribution in [0.4, 0.5) is 0 Å². The van der Waals surface area contributed by atoms with Gasteiger partial charge in [-0.15, -0.1) is 0 Å². The fourth-order valence-electron chi connectivity index (χ4n) is 12.0. The van der Waals surface area contributed by atoms with Crippen LogP contribution in [0.2, 0.25) is 0 Å². The third-order valence-electron chi connectivity index (χ3n) is 18.4. The van der Waals surface area contributed by atoms with Gasteiger partial charge in [-0.2, -0.15) is 0 Å². The summed E-state index contributed by atoms with van der Waals surface area (Å²) in [7, 11) is -9.93. The molecule has 0 aliphatic heterocycles. The zero-order valence-corrected chi connectivity index (χ0v) is 66.6. The third-order valence-corrected chi connectivity index (χ3v) is 20.3. The molecule has 0 aliphatic rings. The molecule has 0 aromatic carbocycles. The van der Waals surface area contributed by atoms with Crippen LogP contribution in [-0.2, 0) is 65.4 Å². The summed E-state index contributed by atoms with van der Waals surface area (Å²) in [5, 5.41) is 10.6. The Bertz CT molecular complexity index is 2000. The zero-order chi connectivity index (χ0) is 73.4. The lowest BCUT2D eigenvalue weighted by molar-refractivity contribution is -0.161. The highest BCUT2D eigenvalue weighted by Crippen LogP contribution is 2.45. The van der Waals surface area contributed by atoms with Crippen molar-refractivity contribution < 1.29 is 80.2 Å². The van der Waals surface area contributed by atoms with Crippen molar-refractivity contribution >= 4 is 39.5 Å². The van der Waals surface area contributed by atoms with Gasteiger partial charge in [0.25, 0.3) is 0 Å². The highest BCUT2D eigenvalue weighted by Gasteiger charge is 2.30. The largest absolute Gasteiger partial charge is 0.472 e. The first-order chi connectivity index (χ1) is 48.5. The predicted molar refractivity (Wildman–Crippen MR) is 409 cm³/mol. The molecule has 19 heteroatoms. The van der Waals surface area contributed by atoms with Crippen molar-refractivity contribution in [2.45, 2.75) is 425 Å². The van der Waals surface area contributed by atoms with Crippen LogP contribution in [0.1, 0.15) is 407 Å². The molecule has 0 aromatic heterocycles. The van der Waals surface area contributed by atoms with E-state index in [1.54, 1.807) is 0 Å². The molecule has 0 amide bonds. The Morgan fingerprint density at radius 1 is 0.310 bits per heavy atom. The van der Waals surface area contributed by atoms with Gasteiger partial charge in [0.2, 0.25) is 0 Å². The predicted octanol–water partition coefficient (Wildman–Crippen LogP) is 24.0. The summed E-state index contributed by atoms with van der Waals surface area (Å²) >= 11 is 0. The molecule has 2 unspecified atom stereocenters. The van der Waals surface area contributed by atoms with E-state index in [4.69, 9.17) is 37.0 Å². The number of carbonyl (C=O) groups excluding carboxylic acids is 4. The topological polar surface area (TPSA) is 237 Å². The van der Waals surface area contributed by atoms with Crippen molar-refractivity contribution in [2.75, 3.05) is 39.6 Å². The number of hydrogen-bond donors (Lipinski definition) is 3. The van der Waals surface area contributed by atoms with Gasteiger partial charge in [-0.3, -0.25) is 37.3 Å². The van der Waals surface area contributed by atoms with Crippen molar-refractivity contribution in [3.63, 3.8) is 0 Å². The van der Waals surface area contributed by atoms with Gasteiger partial charge < -0.3 is 33.8 Å². The van der Waals surface area contributed by atoms with E-state index < -0.39 is 97.5 Å². The number of phosphoric acid groups is 2. The number of aliphatic hydroxyl groups is 1. The Kier molecular flexibility index (Phi) is 71.6. The summed E-state index contributed by atoms with van der Waals surface area (Å²) in [6.07, 6.45) is 67.5. The number of aliphatic hydroxyl groups excluding tert-OH is 1. The van der Waals surface area contributed by atoms with Gasteiger partial charge in [-0.25, -0.2) is 9.13 Å². The van der Waals surface area contributed by atoms with Crippen LogP contribution >= 0.6 is 15.6 Å². The molecule has 0 saturated carbocycles. The van der Waals surface area contributed by atoms with E-state index in [1.165, 1.54) is 212 Å². The van der Waals surface area contributed by atoms with Gasteiger partial charge in [-0.05, 0) is 57.3 Å². The summed E-state index contributed by atoms with van der Waals surface area (Å²) in [6.45, 7) is 7.26. The van der Waals surface area contributed by atoms with Crippen molar-refractivity contribution in [3.05, 3.63) is 24.3 Å². The summed E-state index contributed by atoms with van der Waals surface area (Å²) in [5.41, 5.74) is 0. The lowest BCUT2D eigenvalue weighted by atomic mass is 10.0. The zero-order valence-electron chi connectivity index (χ0n) is 64.8. The summed E-state index contributed by atoms with van der Waals surface area (Å²) in [6, 6.07) is 0. The lowest BCUT2D eigenvalue weighted by Gasteiger charge is -2.21. The molecule has 0 saturated heterocycles. The molecular formula is C81H154O17P2. The van der Waals surface area contributed by atoms with Crippen molar-refractivity contribution in [3.8, 4) is 0 Å². The first kappa shape index (κ1) is 97.5. The van der Waals surface area contributed by atoms with Gasteiger partial charge in [0.15, 0.2) is 12.2 Å². The first-order valence-corrected chi connectivity index (χ1v) is 44.4. The smallest absolute Gasteiger partial charge is 0.462 e. The van der Waals surface area contributed by atoms with Crippen LogP contribution in [0.5, 0.6) is 0 Å². The summed E-state index contributed by atoms with van der Waals surface area (Å²) in [5.74, 6) is -1.34. The molecule has 0 spiro atoms. The Labute approximate surface area is 612 Å². The molecule has 0 bridgehead atoms. The molecule has 0 heterocycles. The summed E-state index contributed by atoms with van der Waals surface area (Å²) < 4.78 is 68.6. The van der Waals surface area contributed by atoms with Crippen LogP contribution in [0.25, 0.3) is 0 Å². The number of hydrogen-bond acceptors (Lipinski definition) is 15. The van der Waals surface area contributed by atoms with Gasteiger partial charge in [0.1, 0.15) is 19.3 Å². The van der Waals surface area contributed by atoms with Gasteiger partial charge in [0.05, 0.1) is 26.4 Å². The molecule has 100 heavy (non-hydrogen) atoms. The quantitative estimate of drug-likeness (QED) is 0.0169. The summed E-state index contributed by atoms with van der Waals surface area (Å²) in [4.78, 5) is 72.9. The van der Waals surface area contributed by atoms with E-state index in [0.717, 1.165) is 115 Å². The third kappa shape index (κ3) is 73.8. The monoisotopic (exact) mass is 1460 g/mol. The van der Waals surface area contributed by atoms with Crippen molar-refractivity contribution in [2.24, 2.45) is 5.92 Å². The number of allylic oxidation sites excluding steroid dienone is 4. The maximum Gasteiger partial charge on any atom is 0.472 e. The fraction of sp³-hybridized carbons (Fsp3) is 0.901. The number of rotatable bonds is 79. The maximum absolute atomic E-state index is 13.1. The number of unbranched alkanes of at least 4 members (excludes halogenated alkanes) is 48. The van der Waals surface area contributed by atoms with Gasteiger partial charge in [-0.1, -0.05) is 354 Å². The number of ether oxygens (including phenoxy) is 4. The van der Waals surface area contributed by atoms with Crippen molar-refractivity contribution in [1.82, 2.24) is 0 Å². The second-order valence-corrected chi connectivity index (χ2v) is 31.9. The van der Waals surface area contributed by atoms with Crippen LogP contribution in [0.3, 0.4) is 0 Å². The Morgan fingerprint density at radius 3 is 0.820 bits per heavy atom. The van der Waals surface area contributed by atoms with E-state index >= 15 is 0 Å². The fourth-order valence-corrected chi connectivity index (χ4v) is 13.6. The van der Waals surface area contributed by atoms with Crippen LogP contribution in [-0.4, -0.2) is 96.7 Å². The number of carbonyl (C=O) groups is 4. The SMILES string of the molecule is CCCCCC/C=C\C=C/CCCCCCCC(=O)O[C@H](COC(=O)CCCCCCCCCC)COP(=O)(O)OC[C@H](O)COP(=O)(O)OC[C@@H](COC(=O)CCCCCCCCCCCCCCCCCC(C)C)OC(=O)CCCCCCCCCCCCCCCCCCCCC. The van der Waals surface area contributed by atoms with Crippen molar-refractivity contribution in [1.29, 1.82) is 0 Å². The van der Waals surface area contributed by atoms with E-state index in [2.05, 4.69) is 58.9 Å². The average molecular weight is 1460 g/mol. The molecule has 17 nitrogen and oxygen atoms in total. The molecule has 0 rings (SSSR count). The van der Waals surface area contributed by atoms with E-state index in [0.29, 0.717) is 25.7 Å². The van der Waals surface area contributed by atoms with E-state index in [1.807, 2.05) is 0 Å². The number of esters is 4. The minimum atomic E-state index is -4.96. The normalized spacial score (nSPS) is 14.0. The van der Waals surface area contributed by atoms with E-state index in [9.17, 15) is 43.2 Å². The first-order valence-electron chi connectivity index (χ1n) is 41.5. The highest BCUT2D eigenvalue weighted by molar-refractivity contribution is 7.47. The van der Waals surface area contributed by atoms with Crippen LogP contribution < -0.4 is 0 Å². The Hall–Kier alpha value is -2.46. The molecule has 0 aliphatic carbocycles. The maximum atomic E-state index is 13.1. The minimum absolute atomic E-state index is 0.0852. The standard InChI is InChI=1S/C81H154O17P2/c1-6-9-12-15-18-21-23-25-27-28-29-30-34-39-43-47-52-57-62-67-81(86)98-77(71-92-79(84)65-60-55-50-45-41-37-35-31-33-36-40-44-48-53-58-63-74(4)5)73-96-100(89,90)94-69-75(82)68-93-99(87,88)95-72-76(70-91-78(83)64-59-54-49-20-17-14-11-8-3)97-80(85)66-61-56-51-46-42-38-32-26-24-22-19-16-13-10-7-2/h22,24,26,32,74-77,82H,6-21,23,25,27-31,33-73H2,1-5H3,(H,87,88)(H,89,90)/b24-22-,32-26-/t75-,76+,77+/m0/s1. The minimum Gasteiger partial charge on any atom is -0.462 e. The second kappa shape index (κ2) is 73.4.